The van der Waals surface area contributed by atoms with Gasteiger partial charge in [0, 0.05) is 44.1 Å². The van der Waals surface area contributed by atoms with Crippen LogP contribution in [0, 0.1) is 0 Å². The summed E-state index contributed by atoms with van der Waals surface area (Å²) in [6, 6.07) is 17.7. The van der Waals surface area contributed by atoms with Gasteiger partial charge in [0.2, 0.25) is 0 Å². The lowest BCUT2D eigenvalue weighted by molar-refractivity contribution is 0.0717. The number of carbonyl (C=O) groups is 1. The normalized spacial score (nSPS) is 15.6. The highest BCUT2D eigenvalue weighted by atomic mass is 16.2. The zero-order valence-electron chi connectivity index (χ0n) is 16.4. The number of carbonyl (C=O) groups excluding carboxylic acids is 1. The standard InChI is InChI=1S/C24H21N5O/c30-24(22-9-3-4-11-26-22)29-16-19-7-1-2-8-20(19)21(17-29)23-27-12-13-28(23)15-18-6-5-10-25-14-18/h1-14,21H,15-17H2/t21-/m0/s1. The van der Waals surface area contributed by atoms with Gasteiger partial charge in [0.25, 0.3) is 5.91 Å². The largest absolute Gasteiger partial charge is 0.332 e. The number of imidazole rings is 1. The van der Waals surface area contributed by atoms with E-state index in [1.54, 1.807) is 18.5 Å². The lowest BCUT2D eigenvalue weighted by Gasteiger charge is -2.34. The topological polar surface area (TPSA) is 63.9 Å². The van der Waals surface area contributed by atoms with E-state index in [0.29, 0.717) is 25.3 Å². The first kappa shape index (κ1) is 18.2. The highest BCUT2D eigenvalue weighted by Crippen LogP contribution is 2.33. The second kappa shape index (κ2) is 7.91. The van der Waals surface area contributed by atoms with Crippen molar-refractivity contribution >= 4 is 5.91 Å². The third kappa shape index (κ3) is 3.48. The minimum absolute atomic E-state index is 0.00529. The molecule has 0 fully saturated rings. The molecule has 1 atom stereocenters. The van der Waals surface area contributed by atoms with Crippen molar-refractivity contribution in [1.82, 2.24) is 24.4 Å². The number of aromatic nitrogens is 4. The molecule has 0 N–H and O–H groups in total. The average Bonchev–Trinajstić information content (AvgIpc) is 3.27. The van der Waals surface area contributed by atoms with Crippen LogP contribution in [-0.2, 0) is 13.1 Å². The highest BCUT2D eigenvalue weighted by molar-refractivity contribution is 5.92. The number of benzene rings is 1. The van der Waals surface area contributed by atoms with Crippen LogP contribution >= 0.6 is 0 Å². The summed E-state index contributed by atoms with van der Waals surface area (Å²) in [6.07, 6.45) is 9.12. The molecule has 0 radical (unpaired) electrons. The van der Waals surface area contributed by atoms with E-state index in [4.69, 9.17) is 4.98 Å². The van der Waals surface area contributed by atoms with Crippen LogP contribution in [0.15, 0.2) is 85.6 Å². The van der Waals surface area contributed by atoms with Crippen LogP contribution in [0.2, 0.25) is 0 Å². The Kier molecular flexibility index (Phi) is 4.81. The number of hydrogen-bond donors (Lipinski definition) is 0. The van der Waals surface area contributed by atoms with Gasteiger partial charge in [0.1, 0.15) is 11.5 Å². The Morgan fingerprint density at radius 3 is 2.70 bits per heavy atom. The maximum atomic E-state index is 13.1. The summed E-state index contributed by atoms with van der Waals surface area (Å²) < 4.78 is 2.15. The van der Waals surface area contributed by atoms with Gasteiger partial charge < -0.3 is 9.47 Å². The number of rotatable bonds is 4. The number of amides is 1. The summed E-state index contributed by atoms with van der Waals surface area (Å²) in [5.41, 5.74) is 3.95. The van der Waals surface area contributed by atoms with Gasteiger partial charge in [0.05, 0.1) is 12.5 Å². The molecule has 0 saturated carbocycles. The second-order valence-electron chi connectivity index (χ2n) is 7.43. The van der Waals surface area contributed by atoms with Gasteiger partial charge in [-0.25, -0.2) is 4.98 Å². The molecule has 5 rings (SSSR count). The maximum absolute atomic E-state index is 13.1. The van der Waals surface area contributed by atoms with Gasteiger partial charge in [-0.05, 0) is 34.9 Å². The minimum atomic E-state index is -0.0551. The van der Waals surface area contributed by atoms with Crippen molar-refractivity contribution in [3.63, 3.8) is 0 Å². The van der Waals surface area contributed by atoms with Crippen molar-refractivity contribution in [2.45, 2.75) is 19.0 Å². The van der Waals surface area contributed by atoms with E-state index in [1.807, 2.05) is 47.8 Å². The molecule has 6 heteroatoms. The van der Waals surface area contributed by atoms with Crippen LogP contribution < -0.4 is 0 Å². The third-order valence-corrected chi connectivity index (χ3v) is 5.50. The van der Waals surface area contributed by atoms with E-state index in [1.165, 1.54) is 5.56 Å². The van der Waals surface area contributed by atoms with Crippen LogP contribution in [0.25, 0.3) is 0 Å². The Labute approximate surface area is 174 Å². The minimum Gasteiger partial charge on any atom is -0.332 e. The summed E-state index contributed by atoms with van der Waals surface area (Å²) in [5.74, 6) is 0.888. The first-order valence-electron chi connectivity index (χ1n) is 9.97. The fourth-order valence-electron chi connectivity index (χ4n) is 4.09. The summed E-state index contributed by atoms with van der Waals surface area (Å²) in [5, 5.41) is 0. The average molecular weight is 395 g/mol. The zero-order valence-corrected chi connectivity index (χ0v) is 16.4. The summed E-state index contributed by atoms with van der Waals surface area (Å²) in [7, 11) is 0. The maximum Gasteiger partial charge on any atom is 0.272 e. The lowest BCUT2D eigenvalue weighted by atomic mass is 9.88. The van der Waals surface area contributed by atoms with Crippen LogP contribution in [-0.4, -0.2) is 36.9 Å². The molecule has 4 aromatic rings. The fraction of sp³-hybridized carbons (Fsp3) is 0.167. The first-order valence-corrected chi connectivity index (χ1v) is 9.97. The molecule has 0 bridgehead atoms. The smallest absolute Gasteiger partial charge is 0.272 e. The number of pyridine rings is 2. The van der Waals surface area contributed by atoms with E-state index < -0.39 is 0 Å². The zero-order chi connectivity index (χ0) is 20.3. The predicted molar refractivity (Wildman–Crippen MR) is 113 cm³/mol. The molecule has 30 heavy (non-hydrogen) atoms. The molecule has 1 amide bonds. The Balaban J connectivity index is 1.50. The van der Waals surface area contributed by atoms with Gasteiger partial charge in [-0.1, -0.05) is 36.4 Å². The molecular weight excluding hydrogens is 374 g/mol. The SMILES string of the molecule is O=C(c1ccccn1)N1Cc2ccccc2[C@@H](c2nccn2Cc2cccnc2)C1. The monoisotopic (exact) mass is 395 g/mol. The van der Waals surface area contributed by atoms with Crippen LogP contribution in [0.4, 0.5) is 0 Å². The molecule has 1 aliphatic rings. The fourth-order valence-corrected chi connectivity index (χ4v) is 4.09. The van der Waals surface area contributed by atoms with Crippen LogP contribution in [0.1, 0.15) is 38.9 Å². The quantitative estimate of drug-likeness (QED) is 0.530. The third-order valence-electron chi connectivity index (χ3n) is 5.50. The molecule has 148 valence electrons. The molecule has 6 nitrogen and oxygen atoms in total. The highest BCUT2D eigenvalue weighted by Gasteiger charge is 2.32. The Hall–Kier alpha value is -3.80. The summed E-state index contributed by atoms with van der Waals surface area (Å²) in [4.78, 5) is 28.2. The van der Waals surface area contributed by atoms with Crippen molar-refractivity contribution < 1.29 is 4.79 Å². The van der Waals surface area contributed by atoms with Crippen molar-refractivity contribution in [1.29, 1.82) is 0 Å². The van der Waals surface area contributed by atoms with E-state index in [2.05, 4.69) is 38.8 Å². The van der Waals surface area contributed by atoms with E-state index in [0.717, 1.165) is 17.0 Å². The summed E-state index contributed by atoms with van der Waals surface area (Å²) >= 11 is 0. The Bertz CT molecular complexity index is 1160. The van der Waals surface area contributed by atoms with Gasteiger partial charge in [-0.3, -0.25) is 14.8 Å². The molecule has 1 aliphatic heterocycles. The first-order chi connectivity index (χ1) is 14.8. The van der Waals surface area contributed by atoms with E-state index >= 15 is 0 Å². The van der Waals surface area contributed by atoms with Crippen LogP contribution in [0.5, 0.6) is 0 Å². The Morgan fingerprint density at radius 1 is 0.967 bits per heavy atom. The summed E-state index contributed by atoms with van der Waals surface area (Å²) in [6.45, 7) is 1.83. The van der Waals surface area contributed by atoms with Gasteiger partial charge in [-0.2, -0.15) is 0 Å². The van der Waals surface area contributed by atoms with Crippen molar-refractivity contribution in [2.24, 2.45) is 0 Å². The van der Waals surface area contributed by atoms with Crippen molar-refractivity contribution in [3.8, 4) is 0 Å². The number of hydrogen-bond acceptors (Lipinski definition) is 4. The second-order valence-corrected chi connectivity index (χ2v) is 7.43. The van der Waals surface area contributed by atoms with E-state index in [9.17, 15) is 4.79 Å². The molecule has 0 saturated heterocycles. The van der Waals surface area contributed by atoms with Gasteiger partial charge in [0.15, 0.2) is 0 Å². The lowest BCUT2D eigenvalue weighted by Crippen LogP contribution is -2.39. The van der Waals surface area contributed by atoms with Crippen molar-refractivity contribution in [2.75, 3.05) is 6.54 Å². The number of nitrogens with zero attached hydrogens (tertiary/aromatic N) is 5. The molecule has 0 aliphatic carbocycles. The van der Waals surface area contributed by atoms with E-state index in [-0.39, 0.29) is 11.8 Å². The Morgan fingerprint density at radius 2 is 1.87 bits per heavy atom. The van der Waals surface area contributed by atoms with Crippen molar-refractivity contribution in [3.05, 3.63) is 114 Å². The molecule has 0 spiro atoms. The van der Waals surface area contributed by atoms with Gasteiger partial charge >= 0.3 is 0 Å². The van der Waals surface area contributed by atoms with Crippen LogP contribution in [0.3, 0.4) is 0 Å². The molecule has 4 heterocycles. The van der Waals surface area contributed by atoms with Gasteiger partial charge in [-0.15, -0.1) is 0 Å². The predicted octanol–water partition coefficient (Wildman–Crippen LogP) is 3.51. The molecule has 1 aromatic carbocycles. The number of fused-ring (bicyclic) bond motifs is 1. The molecule has 3 aromatic heterocycles. The molecule has 0 unspecified atom stereocenters. The molecular formula is C24H21N5O.